The van der Waals surface area contributed by atoms with Gasteiger partial charge in [-0.05, 0) is 58.0 Å². The molecule has 2 rings (SSSR count). The van der Waals surface area contributed by atoms with Gasteiger partial charge in [0, 0.05) is 17.1 Å². The molecule has 0 aromatic heterocycles. The molecule has 1 heterocycles. The molecule has 19 heavy (non-hydrogen) atoms. The van der Waals surface area contributed by atoms with Gasteiger partial charge < -0.3 is 10.2 Å². The average molecular weight is 281 g/mol. The average Bonchev–Trinajstić information content (AvgIpc) is 2.41. The molecule has 0 aliphatic carbocycles. The largest absolute Gasteiger partial charge is 0.310 e. The highest BCUT2D eigenvalue weighted by Crippen LogP contribution is 2.22. The predicted octanol–water partition coefficient (Wildman–Crippen LogP) is 3.87. The third kappa shape index (κ3) is 4.20. The zero-order valence-electron chi connectivity index (χ0n) is 12.0. The summed E-state index contributed by atoms with van der Waals surface area (Å²) >= 11 is 6.22. The van der Waals surface area contributed by atoms with E-state index in [2.05, 4.69) is 30.3 Å². The van der Waals surface area contributed by atoms with Crippen molar-refractivity contribution >= 4 is 11.6 Å². The molecule has 0 saturated carbocycles. The van der Waals surface area contributed by atoms with Crippen LogP contribution in [0, 0.1) is 0 Å². The number of piperidine rings is 1. The molecule has 2 unspecified atom stereocenters. The quantitative estimate of drug-likeness (QED) is 0.881. The zero-order chi connectivity index (χ0) is 13.7. The lowest BCUT2D eigenvalue weighted by molar-refractivity contribution is 0.174. The molecule has 0 bridgehead atoms. The Labute approximate surface area is 122 Å². The number of rotatable bonds is 5. The molecule has 0 spiro atoms. The summed E-state index contributed by atoms with van der Waals surface area (Å²) in [6.07, 6.45) is 5.31. The first-order valence-electron chi connectivity index (χ1n) is 7.36. The van der Waals surface area contributed by atoms with Crippen LogP contribution in [0.25, 0.3) is 0 Å². The summed E-state index contributed by atoms with van der Waals surface area (Å²) in [5.41, 5.74) is 1.20. The number of benzene rings is 1. The van der Waals surface area contributed by atoms with Crippen LogP contribution >= 0.6 is 11.6 Å². The number of hydrogen-bond donors (Lipinski definition) is 1. The van der Waals surface area contributed by atoms with Gasteiger partial charge in [-0.15, -0.1) is 0 Å². The van der Waals surface area contributed by atoms with E-state index in [1.165, 1.54) is 37.8 Å². The van der Waals surface area contributed by atoms with Gasteiger partial charge in [0.15, 0.2) is 0 Å². The van der Waals surface area contributed by atoms with E-state index >= 15 is 0 Å². The zero-order valence-corrected chi connectivity index (χ0v) is 12.8. The van der Waals surface area contributed by atoms with Crippen LogP contribution in [-0.4, -0.2) is 31.1 Å². The first-order chi connectivity index (χ1) is 9.18. The maximum atomic E-state index is 6.22. The Hall–Kier alpha value is -0.570. The van der Waals surface area contributed by atoms with Crippen molar-refractivity contribution in [1.29, 1.82) is 0 Å². The molecular formula is C16H25ClN2. The molecular weight excluding hydrogens is 256 g/mol. The van der Waals surface area contributed by atoms with Crippen molar-refractivity contribution in [2.24, 2.45) is 0 Å². The Morgan fingerprint density at radius 2 is 2.16 bits per heavy atom. The van der Waals surface area contributed by atoms with Crippen LogP contribution in [-0.2, 0) is 0 Å². The molecule has 1 fully saturated rings. The number of hydrogen-bond acceptors (Lipinski definition) is 2. The second-order valence-corrected chi connectivity index (χ2v) is 6.02. The maximum Gasteiger partial charge on any atom is 0.0453 e. The molecule has 3 heteroatoms. The molecule has 0 amide bonds. The summed E-state index contributed by atoms with van der Waals surface area (Å²) < 4.78 is 0. The van der Waals surface area contributed by atoms with Crippen molar-refractivity contribution in [2.75, 3.05) is 20.1 Å². The molecule has 0 radical (unpaired) electrons. The van der Waals surface area contributed by atoms with E-state index < -0.39 is 0 Å². The standard InChI is InChI=1S/C16H25ClN2/c1-13(15-8-3-4-9-16(15)17)18-11-10-14-7-5-6-12-19(14)2/h3-4,8-9,13-14,18H,5-7,10-12H2,1-2H3. The smallest absolute Gasteiger partial charge is 0.0453 e. The lowest BCUT2D eigenvalue weighted by atomic mass is 10.00. The monoisotopic (exact) mass is 280 g/mol. The minimum atomic E-state index is 0.322. The van der Waals surface area contributed by atoms with Crippen LogP contribution in [0.1, 0.15) is 44.2 Å². The number of likely N-dealkylation sites (tertiary alicyclic amines) is 1. The van der Waals surface area contributed by atoms with Gasteiger partial charge in [-0.25, -0.2) is 0 Å². The summed E-state index contributed by atoms with van der Waals surface area (Å²) in [4.78, 5) is 2.51. The van der Waals surface area contributed by atoms with Crippen molar-refractivity contribution in [1.82, 2.24) is 10.2 Å². The summed E-state index contributed by atoms with van der Waals surface area (Å²) in [6, 6.07) is 9.17. The molecule has 2 atom stereocenters. The fourth-order valence-electron chi connectivity index (χ4n) is 2.91. The number of nitrogens with one attached hydrogen (secondary N) is 1. The molecule has 1 N–H and O–H groups in total. The van der Waals surface area contributed by atoms with Crippen LogP contribution in [0.5, 0.6) is 0 Å². The molecule has 2 nitrogen and oxygen atoms in total. The van der Waals surface area contributed by atoms with Crippen LogP contribution in [0.2, 0.25) is 5.02 Å². The normalized spacial score (nSPS) is 22.4. The summed E-state index contributed by atoms with van der Waals surface area (Å²) in [7, 11) is 2.25. The van der Waals surface area contributed by atoms with Gasteiger partial charge >= 0.3 is 0 Å². The third-order valence-corrected chi connectivity index (χ3v) is 4.57. The highest BCUT2D eigenvalue weighted by atomic mass is 35.5. The number of nitrogens with zero attached hydrogens (tertiary/aromatic N) is 1. The summed E-state index contributed by atoms with van der Waals surface area (Å²) in [6.45, 7) is 4.50. The molecule has 1 aliphatic heterocycles. The lowest BCUT2D eigenvalue weighted by Crippen LogP contribution is -2.38. The fraction of sp³-hybridized carbons (Fsp3) is 0.625. The topological polar surface area (TPSA) is 15.3 Å². The Balaban J connectivity index is 1.77. The molecule has 1 saturated heterocycles. The first-order valence-corrected chi connectivity index (χ1v) is 7.74. The first kappa shape index (κ1) is 14.8. The molecule has 106 valence electrons. The third-order valence-electron chi connectivity index (χ3n) is 4.22. The van der Waals surface area contributed by atoms with Gasteiger partial charge in [-0.2, -0.15) is 0 Å². The van der Waals surface area contributed by atoms with Gasteiger partial charge in [0.2, 0.25) is 0 Å². The van der Waals surface area contributed by atoms with Gasteiger partial charge in [0.05, 0.1) is 0 Å². The van der Waals surface area contributed by atoms with E-state index in [4.69, 9.17) is 11.6 Å². The van der Waals surface area contributed by atoms with Crippen molar-refractivity contribution < 1.29 is 0 Å². The van der Waals surface area contributed by atoms with Crippen LogP contribution in [0.15, 0.2) is 24.3 Å². The van der Waals surface area contributed by atoms with Crippen LogP contribution in [0.3, 0.4) is 0 Å². The SMILES string of the molecule is CC(NCCC1CCCCN1C)c1ccccc1Cl. The van der Waals surface area contributed by atoms with E-state index in [0.29, 0.717) is 6.04 Å². The van der Waals surface area contributed by atoms with E-state index in [1.54, 1.807) is 0 Å². The second-order valence-electron chi connectivity index (χ2n) is 5.62. The highest BCUT2D eigenvalue weighted by molar-refractivity contribution is 6.31. The van der Waals surface area contributed by atoms with Gasteiger partial charge in [0.25, 0.3) is 0 Å². The van der Waals surface area contributed by atoms with E-state index in [0.717, 1.165) is 17.6 Å². The maximum absolute atomic E-state index is 6.22. The molecule has 1 aliphatic rings. The second kappa shape index (κ2) is 7.28. The van der Waals surface area contributed by atoms with Crippen molar-refractivity contribution in [3.63, 3.8) is 0 Å². The van der Waals surface area contributed by atoms with Gasteiger partial charge in [0.1, 0.15) is 0 Å². The van der Waals surface area contributed by atoms with E-state index in [1.807, 2.05) is 18.2 Å². The minimum Gasteiger partial charge on any atom is -0.310 e. The molecule has 1 aromatic carbocycles. The van der Waals surface area contributed by atoms with Gasteiger partial charge in [-0.3, -0.25) is 0 Å². The van der Waals surface area contributed by atoms with Crippen LogP contribution in [0.4, 0.5) is 0 Å². The van der Waals surface area contributed by atoms with E-state index in [9.17, 15) is 0 Å². The summed E-state index contributed by atoms with van der Waals surface area (Å²) in [5, 5.41) is 4.46. The van der Waals surface area contributed by atoms with Gasteiger partial charge in [-0.1, -0.05) is 36.2 Å². The predicted molar refractivity (Wildman–Crippen MR) is 82.8 cm³/mol. The summed E-state index contributed by atoms with van der Waals surface area (Å²) in [5.74, 6) is 0. The Morgan fingerprint density at radius 3 is 2.89 bits per heavy atom. The Bertz CT molecular complexity index is 394. The van der Waals surface area contributed by atoms with E-state index in [-0.39, 0.29) is 0 Å². The van der Waals surface area contributed by atoms with Crippen molar-refractivity contribution in [2.45, 2.75) is 44.7 Å². The number of halogens is 1. The van der Waals surface area contributed by atoms with Crippen molar-refractivity contribution in [3.05, 3.63) is 34.9 Å². The lowest BCUT2D eigenvalue weighted by Gasteiger charge is -2.32. The van der Waals surface area contributed by atoms with Crippen molar-refractivity contribution in [3.8, 4) is 0 Å². The minimum absolute atomic E-state index is 0.322. The molecule has 1 aromatic rings. The Kier molecular flexibility index (Phi) is 5.68. The van der Waals surface area contributed by atoms with Crippen LogP contribution < -0.4 is 5.32 Å². The highest BCUT2D eigenvalue weighted by Gasteiger charge is 2.18. The fourth-order valence-corrected chi connectivity index (χ4v) is 3.21. The Morgan fingerprint density at radius 1 is 1.37 bits per heavy atom.